The molecule has 0 atom stereocenters. The van der Waals surface area contributed by atoms with Crippen LogP contribution in [0.3, 0.4) is 0 Å². The van der Waals surface area contributed by atoms with Crippen LogP contribution in [0.2, 0.25) is 0 Å². The molecule has 0 spiro atoms. The maximum atomic E-state index is 12.8. The lowest BCUT2D eigenvalue weighted by Crippen LogP contribution is -2.49. The summed E-state index contributed by atoms with van der Waals surface area (Å²) >= 11 is 0. The van der Waals surface area contributed by atoms with E-state index in [1.165, 1.54) is 12.1 Å². The van der Waals surface area contributed by atoms with Crippen LogP contribution < -0.4 is 14.2 Å². The molecule has 0 radical (unpaired) electrons. The van der Waals surface area contributed by atoms with Crippen LogP contribution in [0.15, 0.2) is 47.4 Å². The molecule has 8 nitrogen and oxygen atoms in total. The van der Waals surface area contributed by atoms with Crippen LogP contribution in [0, 0.1) is 6.92 Å². The molecule has 3 rings (SSSR count). The van der Waals surface area contributed by atoms with E-state index in [0.717, 1.165) is 19.6 Å². The fourth-order valence-electron chi connectivity index (χ4n) is 3.50. The minimum absolute atomic E-state index is 0.0611. The number of piperazine rings is 1. The summed E-state index contributed by atoms with van der Waals surface area (Å²) in [5.74, 6) is 1.11. The zero-order chi connectivity index (χ0) is 23.1. The molecule has 1 N–H and O–H groups in total. The van der Waals surface area contributed by atoms with Crippen LogP contribution >= 0.6 is 0 Å². The van der Waals surface area contributed by atoms with Gasteiger partial charge in [-0.05, 0) is 68.4 Å². The second kappa shape index (κ2) is 10.7. The van der Waals surface area contributed by atoms with E-state index < -0.39 is 10.0 Å². The first kappa shape index (κ1) is 23.9. The van der Waals surface area contributed by atoms with E-state index in [2.05, 4.69) is 16.5 Å². The van der Waals surface area contributed by atoms with E-state index in [-0.39, 0.29) is 17.4 Å². The van der Waals surface area contributed by atoms with Crippen molar-refractivity contribution in [2.24, 2.45) is 0 Å². The summed E-state index contributed by atoms with van der Waals surface area (Å²) in [7, 11) is -3.76. The van der Waals surface area contributed by atoms with Gasteiger partial charge in [-0.3, -0.25) is 9.52 Å². The lowest BCUT2D eigenvalue weighted by atomic mass is 10.2. The number of likely N-dealkylation sites (N-methyl/N-ethyl adjacent to an activating group) is 1. The quantitative estimate of drug-likeness (QED) is 0.618. The Labute approximate surface area is 190 Å². The Hall–Kier alpha value is -2.78. The number of aryl methyl sites for hydroxylation is 1. The van der Waals surface area contributed by atoms with Crippen molar-refractivity contribution in [2.45, 2.75) is 25.7 Å². The van der Waals surface area contributed by atoms with Gasteiger partial charge in [-0.25, -0.2) is 8.42 Å². The highest BCUT2D eigenvalue weighted by atomic mass is 32.2. The molecule has 0 aromatic heterocycles. The predicted molar refractivity (Wildman–Crippen MR) is 124 cm³/mol. The molecule has 32 heavy (non-hydrogen) atoms. The van der Waals surface area contributed by atoms with Crippen molar-refractivity contribution in [1.82, 2.24) is 9.80 Å². The maximum absolute atomic E-state index is 12.8. The summed E-state index contributed by atoms with van der Waals surface area (Å²) < 4.78 is 39.1. The van der Waals surface area contributed by atoms with Gasteiger partial charge in [0.05, 0.1) is 11.5 Å². The Morgan fingerprint density at radius 1 is 1.00 bits per heavy atom. The molecule has 1 saturated heterocycles. The molecule has 2 aromatic rings. The number of hydrogen-bond donors (Lipinski definition) is 1. The van der Waals surface area contributed by atoms with Crippen LogP contribution in [0.1, 0.15) is 19.4 Å². The summed E-state index contributed by atoms with van der Waals surface area (Å²) in [5, 5.41) is 0. The van der Waals surface area contributed by atoms with Crippen molar-refractivity contribution in [1.29, 1.82) is 0 Å². The molecule has 0 aliphatic carbocycles. The minimum atomic E-state index is -3.76. The third-order valence-corrected chi connectivity index (χ3v) is 6.78. The van der Waals surface area contributed by atoms with Gasteiger partial charge in [0.25, 0.3) is 15.9 Å². The highest BCUT2D eigenvalue weighted by molar-refractivity contribution is 7.92. The van der Waals surface area contributed by atoms with Gasteiger partial charge in [0.15, 0.2) is 6.61 Å². The lowest BCUT2D eigenvalue weighted by molar-refractivity contribution is -0.135. The molecule has 1 aliphatic heterocycles. The number of carbonyl (C=O) groups excluding carboxylic acids is 1. The second-order valence-electron chi connectivity index (χ2n) is 7.59. The number of ether oxygens (including phenoxy) is 2. The summed E-state index contributed by atoms with van der Waals surface area (Å²) in [6.07, 6.45) is 0. The Morgan fingerprint density at radius 2 is 1.69 bits per heavy atom. The molecule has 0 unspecified atom stereocenters. The Balaban J connectivity index is 1.59. The Kier molecular flexibility index (Phi) is 7.98. The zero-order valence-corrected chi connectivity index (χ0v) is 19.7. The number of nitrogens with one attached hydrogen (secondary N) is 1. The number of rotatable bonds is 9. The highest BCUT2D eigenvalue weighted by Crippen LogP contribution is 2.24. The third-order valence-electron chi connectivity index (χ3n) is 5.40. The Morgan fingerprint density at radius 3 is 2.28 bits per heavy atom. The van der Waals surface area contributed by atoms with Crippen molar-refractivity contribution < 1.29 is 22.7 Å². The zero-order valence-electron chi connectivity index (χ0n) is 18.8. The average molecular weight is 462 g/mol. The van der Waals surface area contributed by atoms with Crippen LogP contribution in [0.4, 0.5) is 5.69 Å². The van der Waals surface area contributed by atoms with E-state index in [1.54, 1.807) is 42.2 Å². The minimum Gasteiger partial charge on any atom is -0.494 e. The molecule has 9 heteroatoms. The van der Waals surface area contributed by atoms with Gasteiger partial charge in [0.1, 0.15) is 11.5 Å². The fraction of sp³-hybridized carbons (Fsp3) is 0.435. The fourth-order valence-corrected chi connectivity index (χ4v) is 4.64. The SMILES string of the molecule is CCOc1ccc(NS(=O)(=O)c2ccc(OCC(=O)N3CCN(CC)CC3)c(C)c2)cc1. The summed E-state index contributed by atoms with van der Waals surface area (Å²) in [6.45, 7) is 10.4. The van der Waals surface area contributed by atoms with E-state index in [4.69, 9.17) is 9.47 Å². The average Bonchev–Trinajstić information content (AvgIpc) is 2.79. The van der Waals surface area contributed by atoms with E-state index in [0.29, 0.717) is 42.4 Å². The lowest BCUT2D eigenvalue weighted by Gasteiger charge is -2.34. The summed E-state index contributed by atoms with van der Waals surface area (Å²) in [5.41, 5.74) is 1.09. The van der Waals surface area contributed by atoms with Gasteiger partial charge in [-0.15, -0.1) is 0 Å². The van der Waals surface area contributed by atoms with Crippen molar-refractivity contribution in [3.05, 3.63) is 48.0 Å². The molecule has 1 heterocycles. The normalized spacial score (nSPS) is 14.8. The van der Waals surface area contributed by atoms with Crippen LogP contribution in [-0.2, 0) is 14.8 Å². The highest BCUT2D eigenvalue weighted by Gasteiger charge is 2.21. The van der Waals surface area contributed by atoms with Crippen molar-refractivity contribution >= 4 is 21.6 Å². The second-order valence-corrected chi connectivity index (χ2v) is 9.28. The van der Waals surface area contributed by atoms with Gasteiger partial charge in [0, 0.05) is 31.9 Å². The third kappa shape index (κ3) is 6.14. The van der Waals surface area contributed by atoms with E-state index in [1.807, 2.05) is 6.92 Å². The maximum Gasteiger partial charge on any atom is 0.261 e. The number of sulfonamides is 1. The number of nitrogens with zero attached hydrogens (tertiary/aromatic N) is 2. The van der Waals surface area contributed by atoms with E-state index >= 15 is 0 Å². The number of hydrogen-bond acceptors (Lipinski definition) is 6. The van der Waals surface area contributed by atoms with Crippen molar-refractivity contribution in [2.75, 3.05) is 50.7 Å². The van der Waals surface area contributed by atoms with Gasteiger partial charge >= 0.3 is 0 Å². The molecule has 1 fully saturated rings. The van der Waals surface area contributed by atoms with Gasteiger partial charge in [0.2, 0.25) is 0 Å². The molecule has 1 aliphatic rings. The summed E-state index contributed by atoms with van der Waals surface area (Å²) in [4.78, 5) is 16.7. The van der Waals surface area contributed by atoms with E-state index in [9.17, 15) is 13.2 Å². The Bertz CT molecular complexity index is 1020. The first-order valence-electron chi connectivity index (χ1n) is 10.8. The number of amides is 1. The van der Waals surface area contributed by atoms with Crippen LogP contribution in [0.5, 0.6) is 11.5 Å². The molecule has 2 aromatic carbocycles. The molecule has 0 bridgehead atoms. The molecular weight excluding hydrogens is 430 g/mol. The first-order chi connectivity index (χ1) is 15.3. The van der Waals surface area contributed by atoms with Gasteiger partial charge in [-0.2, -0.15) is 0 Å². The standard InChI is InChI=1S/C23H31N3O5S/c1-4-25-12-14-26(15-13-25)23(27)17-31-22-11-10-21(16-18(22)3)32(28,29)24-19-6-8-20(9-7-19)30-5-2/h6-11,16,24H,4-5,12-15,17H2,1-3H3. The topological polar surface area (TPSA) is 88.2 Å². The van der Waals surface area contributed by atoms with Gasteiger partial charge in [-0.1, -0.05) is 6.92 Å². The van der Waals surface area contributed by atoms with Crippen molar-refractivity contribution in [3.63, 3.8) is 0 Å². The number of carbonyl (C=O) groups is 1. The molecule has 174 valence electrons. The van der Waals surface area contributed by atoms with Crippen LogP contribution in [0.25, 0.3) is 0 Å². The predicted octanol–water partition coefficient (Wildman–Crippen LogP) is 2.74. The molecular formula is C23H31N3O5S. The molecule has 0 saturated carbocycles. The number of benzene rings is 2. The summed E-state index contributed by atoms with van der Waals surface area (Å²) in [6, 6.07) is 11.3. The molecule has 1 amide bonds. The van der Waals surface area contributed by atoms with Gasteiger partial charge < -0.3 is 19.3 Å². The largest absolute Gasteiger partial charge is 0.494 e. The van der Waals surface area contributed by atoms with Crippen molar-refractivity contribution in [3.8, 4) is 11.5 Å². The smallest absolute Gasteiger partial charge is 0.261 e. The van der Waals surface area contributed by atoms with Crippen LogP contribution in [-0.4, -0.2) is 70.1 Å². The number of anilines is 1. The first-order valence-corrected chi connectivity index (χ1v) is 12.3. The monoisotopic (exact) mass is 461 g/mol.